The molecular weight excluding hydrogens is 292 g/mol. The fourth-order valence-corrected chi connectivity index (χ4v) is 2.12. The van der Waals surface area contributed by atoms with Gasteiger partial charge in [-0.2, -0.15) is 0 Å². The molecule has 0 bridgehead atoms. The lowest BCUT2D eigenvalue weighted by Crippen LogP contribution is -1.96. The first-order chi connectivity index (χ1) is 7.99. The second-order valence-electron chi connectivity index (χ2n) is 3.29. The Balaban J connectivity index is 2.43. The summed E-state index contributed by atoms with van der Waals surface area (Å²) in [7, 11) is 0. The van der Waals surface area contributed by atoms with Crippen LogP contribution in [0.5, 0.6) is 0 Å². The summed E-state index contributed by atoms with van der Waals surface area (Å²) in [5, 5.41) is -0.647. The number of halogens is 5. The maximum absolute atomic E-state index is 13.1. The van der Waals surface area contributed by atoms with Crippen LogP contribution in [0.3, 0.4) is 0 Å². The zero-order chi connectivity index (χ0) is 12.6. The maximum Gasteiger partial charge on any atom is 0.193 e. The smallest absolute Gasteiger partial charge is 0.193 e. The normalized spacial score (nSPS) is 12.8. The molecule has 1 atom stereocenters. The molecule has 0 saturated heterocycles. The molecule has 2 rings (SSSR count). The van der Waals surface area contributed by atoms with Crippen LogP contribution in [0, 0.1) is 11.6 Å². The minimum Gasteiger partial charge on any atom is -0.448 e. The highest BCUT2D eigenvalue weighted by atomic mass is 35.5. The van der Waals surface area contributed by atoms with Crippen molar-refractivity contribution in [1.29, 1.82) is 0 Å². The van der Waals surface area contributed by atoms with Crippen LogP contribution in [-0.2, 0) is 0 Å². The molecule has 17 heavy (non-hydrogen) atoms. The van der Waals surface area contributed by atoms with E-state index in [1.165, 1.54) is 12.1 Å². The van der Waals surface area contributed by atoms with Gasteiger partial charge in [-0.15, -0.1) is 11.6 Å². The highest BCUT2D eigenvalue weighted by molar-refractivity contribution is 6.33. The van der Waals surface area contributed by atoms with Gasteiger partial charge < -0.3 is 4.42 Å². The molecule has 0 aliphatic heterocycles. The second kappa shape index (κ2) is 4.84. The summed E-state index contributed by atoms with van der Waals surface area (Å²) < 4.78 is 31.1. The quantitative estimate of drug-likeness (QED) is 0.549. The molecule has 0 aliphatic rings. The highest BCUT2D eigenvalue weighted by Crippen LogP contribution is 2.36. The zero-order valence-corrected chi connectivity index (χ0v) is 10.5. The average Bonchev–Trinajstić information content (AvgIpc) is 2.69. The van der Waals surface area contributed by atoms with Gasteiger partial charge in [0.05, 0.1) is 0 Å². The molecule has 0 aliphatic carbocycles. The third-order valence-electron chi connectivity index (χ3n) is 2.16. The highest BCUT2D eigenvalue weighted by Gasteiger charge is 2.20. The van der Waals surface area contributed by atoms with E-state index in [1.807, 2.05) is 0 Å². The van der Waals surface area contributed by atoms with Crippen molar-refractivity contribution in [2.45, 2.75) is 5.38 Å². The lowest BCUT2D eigenvalue weighted by molar-refractivity contribution is 0.502. The minimum atomic E-state index is -1.03. The van der Waals surface area contributed by atoms with E-state index in [0.717, 1.165) is 12.1 Å². The Morgan fingerprint density at radius 1 is 1.06 bits per heavy atom. The molecule has 1 heterocycles. The zero-order valence-electron chi connectivity index (χ0n) is 8.18. The molecule has 0 radical (unpaired) electrons. The van der Waals surface area contributed by atoms with E-state index in [9.17, 15) is 8.78 Å². The van der Waals surface area contributed by atoms with Crippen molar-refractivity contribution in [2.75, 3.05) is 0 Å². The lowest BCUT2D eigenvalue weighted by atomic mass is 10.1. The van der Waals surface area contributed by atoms with Crippen LogP contribution in [0.4, 0.5) is 8.78 Å². The molecule has 1 nitrogen and oxygen atoms in total. The van der Waals surface area contributed by atoms with Crippen molar-refractivity contribution in [3.05, 3.63) is 57.5 Å². The summed E-state index contributed by atoms with van der Waals surface area (Å²) in [4.78, 5) is 0. The van der Waals surface area contributed by atoms with Gasteiger partial charge in [-0.05, 0) is 41.4 Å². The third-order valence-corrected chi connectivity index (χ3v) is 3.14. The van der Waals surface area contributed by atoms with Crippen LogP contribution < -0.4 is 0 Å². The number of rotatable bonds is 2. The largest absolute Gasteiger partial charge is 0.448 e. The van der Waals surface area contributed by atoms with E-state index in [4.69, 9.17) is 39.2 Å². The predicted molar refractivity (Wildman–Crippen MR) is 62.8 cm³/mol. The van der Waals surface area contributed by atoms with Crippen LogP contribution in [0.15, 0.2) is 28.7 Å². The van der Waals surface area contributed by atoms with Crippen LogP contribution in [0.1, 0.15) is 16.7 Å². The average molecular weight is 298 g/mol. The summed E-state index contributed by atoms with van der Waals surface area (Å²) in [5.41, 5.74) is 0.221. The molecule has 90 valence electrons. The first kappa shape index (κ1) is 12.7. The van der Waals surface area contributed by atoms with Gasteiger partial charge in [0, 0.05) is 5.02 Å². The molecular formula is C11H5Cl3F2O. The first-order valence-electron chi connectivity index (χ1n) is 4.53. The SMILES string of the molecule is Fc1cc(Cl)c(C(Cl)c2ccc(Cl)o2)cc1F. The van der Waals surface area contributed by atoms with Crippen LogP contribution in [0.2, 0.25) is 10.2 Å². The van der Waals surface area contributed by atoms with Crippen molar-refractivity contribution < 1.29 is 13.2 Å². The minimum absolute atomic E-state index is 0.0245. The molecule has 1 aromatic heterocycles. The Morgan fingerprint density at radius 3 is 2.29 bits per heavy atom. The maximum atomic E-state index is 13.1. The van der Waals surface area contributed by atoms with Crippen molar-refractivity contribution >= 4 is 34.8 Å². The molecule has 1 unspecified atom stereocenters. The fraction of sp³-hybridized carbons (Fsp3) is 0.0909. The van der Waals surface area contributed by atoms with Gasteiger partial charge in [-0.25, -0.2) is 8.78 Å². The molecule has 0 N–H and O–H groups in total. The van der Waals surface area contributed by atoms with Crippen molar-refractivity contribution in [3.63, 3.8) is 0 Å². The Morgan fingerprint density at radius 2 is 1.71 bits per heavy atom. The summed E-state index contributed by atoms with van der Waals surface area (Å²) in [6.07, 6.45) is 0. The van der Waals surface area contributed by atoms with E-state index >= 15 is 0 Å². The van der Waals surface area contributed by atoms with Crippen LogP contribution >= 0.6 is 34.8 Å². The van der Waals surface area contributed by atoms with Gasteiger partial charge in [0.1, 0.15) is 11.1 Å². The predicted octanol–water partition coefficient (Wildman–Crippen LogP) is 5.19. The van der Waals surface area contributed by atoms with E-state index in [1.54, 1.807) is 0 Å². The van der Waals surface area contributed by atoms with Crippen molar-refractivity contribution in [2.24, 2.45) is 0 Å². The lowest BCUT2D eigenvalue weighted by Gasteiger charge is -2.09. The van der Waals surface area contributed by atoms with Gasteiger partial charge in [-0.1, -0.05) is 11.6 Å². The van der Waals surface area contributed by atoms with Gasteiger partial charge in [-0.3, -0.25) is 0 Å². The standard InChI is InChI=1S/C11H5Cl3F2O/c12-6-4-8(16)7(15)3-5(6)11(14)9-1-2-10(13)17-9/h1-4,11H. The van der Waals surface area contributed by atoms with Crippen molar-refractivity contribution in [1.82, 2.24) is 0 Å². The molecule has 6 heteroatoms. The van der Waals surface area contributed by atoms with Gasteiger partial charge in [0.15, 0.2) is 16.9 Å². The van der Waals surface area contributed by atoms with Gasteiger partial charge in [0.25, 0.3) is 0 Å². The Hall–Kier alpha value is -0.770. The Kier molecular flexibility index (Phi) is 3.61. The summed E-state index contributed by atoms with van der Waals surface area (Å²) in [5.74, 6) is -1.74. The summed E-state index contributed by atoms with van der Waals surface area (Å²) in [6.45, 7) is 0. The van der Waals surface area contributed by atoms with E-state index in [0.29, 0.717) is 5.76 Å². The Bertz CT molecular complexity index is 554. The summed E-state index contributed by atoms with van der Waals surface area (Å²) in [6, 6.07) is 4.84. The third kappa shape index (κ3) is 2.57. The molecule has 0 fully saturated rings. The second-order valence-corrected chi connectivity index (χ2v) is 4.51. The van der Waals surface area contributed by atoms with E-state index in [-0.39, 0.29) is 15.8 Å². The topological polar surface area (TPSA) is 13.1 Å². The Labute approximate surface area is 111 Å². The fourth-order valence-electron chi connectivity index (χ4n) is 1.35. The van der Waals surface area contributed by atoms with E-state index < -0.39 is 17.0 Å². The monoisotopic (exact) mass is 296 g/mol. The number of hydrogen-bond donors (Lipinski definition) is 0. The van der Waals surface area contributed by atoms with Crippen molar-refractivity contribution in [3.8, 4) is 0 Å². The number of alkyl halides is 1. The van der Waals surface area contributed by atoms with Crippen LogP contribution in [-0.4, -0.2) is 0 Å². The van der Waals surface area contributed by atoms with E-state index in [2.05, 4.69) is 0 Å². The molecule has 0 amide bonds. The summed E-state index contributed by atoms with van der Waals surface area (Å²) >= 11 is 17.4. The molecule has 1 aromatic carbocycles. The molecule has 0 spiro atoms. The number of hydrogen-bond acceptors (Lipinski definition) is 1. The van der Waals surface area contributed by atoms with Crippen LogP contribution in [0.25, 0.3) is 0 Å². The molecule has 0 saturated carbocycles. The number of benzene rings is 1. The molecule has 2 aromatic rings. The van der Waals surface area contributed by atoms with Gasteiger partial charge in [0.2, 0.25) is 0 Å². The first-order valence-corrected chi connectivity index (χ1v) is 5.72. The number of furan rings is 1. The van der Waals surface area contributed by atoms with Gasteiger partial charge >= 0.3 is 0 Å².